The van der Waals surface area contributed by atoms with Crippen LogP contribution in [0.15, 0.2) is 64.6 Å². The van der Waals surface area contributed by atoms with E-state index in [-0.39, 0.29) is 9.49 Å². The van der Waals surface area contributed by atoms with Crippen molar-refractivity contribution in [3.8, 4) is 5.75 Å². The number of hydrogen-bond acceptors (Lipinski definition) is 4. The van der Waals surface area contributed by atoms with Crippen molar-refractivity contribution in [2.75, 3.05) is 13.2 Å². The van der Waals surface area contributed by atoms with Crippen LogP contribution in [0.25, 0.3) is 4.91 Å². The van der Waals surface area contributed by atoms with Gasteiger partial charge in [0.15, 0.2) is 0 Å². The summed E-state index contributed by atoms with van der Waals surface area (Å²) in [6, 6.07) is 8.46. The molecule has 0 bridgehead atoms. The van der Waals surface area contributed by atoms with Crippen LogP contribution in [-0.4, -0.2) is 22.6 Å². The zero-order valence-electron chi connectivity index (χ0n) is 15.5. The van der Waals surface area contributed by atoms with Gasteiger partial charge in [-0.2, -0.15) is 0 Å². The number of hydrogen-bond donors (Lipinski definition) is 1. The monoisotopic (exact) mass is 383 g/mol. The van der Waals surface area contributed by atoms with Crippen molar-refractivity contribution in [2.45, 2.75) is 36.7 Å². The average Bonchev–Trinajstić information content (AvgIpc) is 3.13. The van der Waals surface area contributed by atoms with Gasteiger partial charge in [-0.1, -0.05) is 24.3 Å². The summed E-state index contributed by atoms with van der Waals surface area (Å²) < 4.78 is 5.88. The standard InChI is InChI=1S/C22H25NOS2/c1-15-13-17-7-8-18-14-20(26-22(18,3)21(17,2)25-15)16-5-9-19(10-6-16)24-12-4-11-23/h5-10,13-14H,4,11-12,23H2,1-3H3/t21-,22-/m1/s1. The van der Waals surface area contributed by atoms with E-state index in [1.54, 1.807) is 0 Å². The third kappa shape index (κ3) is 2.79. The minimum Gasteiger partial charge on any atom is -0.494 e. The first-order valence-corrected chi connectivity index (χ1v) is 10.7. The Bertz CT molecular complexity index is 849. The van der Waals surface area contributed by atoms with E-state index in [0.29, 0.717) is 13.2 Å². The van der Waals surface area contributed by atoms with Crippen LogP contribution in [0.3, 0.4) is 0 Å². The first-order chi connectivity index (χ1) is 12.5. The predicted octanol–water partition coefficient (Wildman–Crippen LogP) is 5.54. The third-order valence-electron chi connectivity index (χ3n) is 5.54. The molecule has 136 valence electrons. The zero-order chi connectivity index (χ0) is 18.4. The summed E-state index contributed by atoms with van der Waals surface area (Å²) in [6.45, 7) is 8.34. The fourth-order valence-corrected chi connectivity index (χ4v) is 6.90. The van der Waals surface area contributed by atoms with Crippen LogP contribution in [0.4, 0.5) is 0 Å². The number of ether oxygens (including phenoxy) is 1. The number of nitrogens with two attached hydrogens (primary N) is 1. The van der Waals surface area contributed by atoms with Crippen molar-refractivity contribution in [3.63, 3.8) is 0 Å². The molecular weight excluding hydrogens is 358 g/mol. The third-order valence-corrected chi connectivity index (χ3v) is 8.78. The number of thioether (sulfide) groups is 2. The fourth-order valence-electron chi connectivity index (χ4n) is 3.82. The summed E-state index contributed by atoms with van der Waals surface area (Å²) in [5.74, 6) is 0.913. The first-order valence-electron chi connectivity index (χ1n) is 9.10. The van der Waals surface area contributed by atoms with E-state index in [1.807, 2.05) is 23.5 Å². The van der Waals surface area contributed by atoms with Gasteiger partial charge in [0, 0.05) is 4.91 Å². The largest absolute Gasteiger partial charge is 0.494 e. The first kappa shape index (κ1) is 18.0. The summed E-state index contributed by atoms with van der Waals surface area (Å²) >= 11 is 4.00. The lowest BCUT2D eigenvalue weighted by Gasteiger charge is -2.44. The second kappa shape index (κ2) is 6.66. The maximum absolute atomic E-state index is 5.73. The molecule has 4 heteroatoms. The van der Waals surface area contributed by atoms with Crippen molar-refractivity contribution in [3.05, 3.63) is 70.2 Å². The van der Waals surface area contributed by atoms with E-state index in [1.165, 1.54) is 26.5 Å². The molecule has 1 aromatic rings. The van der Waals surface area contributed by atoms with Crippen LogP contribution < -0.4 is 10.5 Å². The van der Waals surface area contributed by atoms with Crippen molar-refractivity contribution >= 4 is 28.4 Å². The molecule has 3 aliphatic rings. The molecule has 0 saturated heterocycles. The van der Waals surface area contributed by atoms with Crippen LogP contribution >= 0.6 is 23.5 Å². The second-order valence-electron chi connectivity index (χ2n) is 7.29. The van der Waals surface area contributed by atoms with Gasteiger partial charge < -0.3 is 10.5 Å². The molecule has 0 fully saturated rings. The molecule has 4 rings (SSSR count). The Hall–Kier alpha value is -1.36. The number of fused-ring (bicyclic) bond motifs is 3. The molecule has 0 aromatic heterocycles. The molecule has 0 saturated carbocycles. The molecule has 0 unspecified atom stereocenters. The van der Waals surface area contributed by atoms with Gasteiger partial charge in [-0.3, -0.25) is 0 Å². The van der Waals surface area contributed by atoms with Gasteiger partial charge in [0.25, 0.3) is 0 Å². The van der Waals surface area contributed by atoms with Crippen LogP contribution in [-0.2, 0) is 0 Å². The van der Waals surface area contributed by atoms with Gasteiger partial charge in [-0.05, 0) is 79.6 Å². The lowest BCUT2D eigenvalue weighted by Crippen LogP contribution is -2.45. The van der Waals surface area contributed by atoms with Gasteiger partial charge in [-0.15, -0.1) is 23.5 Å². The Morgan fingerprint density at radius 1 is 0.962 bits per heavy atom. The normalized spacial score (nSPS) is 29.4. The summed E-state index contributed by atoms with van der Waals surface area (Å²) in [5.41, 5.74) is 9.64. The zero-order valence-corrected chi connectivity index (χ0v) is 17.2. The van der Waals surface area contributed by atoms with Gasteiger partial charge in [0.2, 0.25) is 0 Å². The van der Waals surface area contributed by atoms with Gasteiger partial charge >= 0.3 is 0 Å². The Balaban J connectivity index is 1.57. The lowest BCUT2D eigenvalue weighted by atomic mass is 9.77. The van der Waals surface area contributed by atoms with E-state index in [4.69, 9.17) is 10.5 Å². The van der Waals surface area contributed by atoms with E-state index in [9.17, 15) is 0 Å². The van der Waals surface area contributed by atoms with Crippen molar-refractivity contribution in [2.24, 2.45) is 5.73 Å². The SMILES string of the molecule is CC1=CC2=CC=C3C=C(c4ccc(OCCCN)cc4)S[C@@]3(C)[C@]2(C)S1. The van der Waals surface area contributed by atoms with E-state index < -0.39 is 0 Å². The molecule has 0 amide bonds. The van der Waals surface area contributed by atoms with E-state index >= 15 is 0 Å². The summed E-state index contributed by atoms with van der Waals surface area (Å²) in [5, 5.41) is 0. The van der Waals surface area contributed by atoms with Crippen LogP contribution in [0.2, 0.25) is 0 Å². The average molecular weight is 384 g/mol. The number of rotatable bonds is 5. The molecule has 2 nitrogen and oxygen atoms in total. The summed E-state index contributed by atoms with van der Waals surface area (Å²) in [4.78, 5) is 2.75. The molecule has 1 aliphatic carbocycles. The van der Waals surface area contributed by atoms with Crippen molar-refractivity contribution in [1.29, 1.82) is 0 Å². The molecule has 0 spiro atoms. The van der Waals surface area contributed by atoms with Crippen LogP contribution in [0.1, 0.15) is 32.8 Å². The fraction of sp³-hybridized carbons (Fsp3) is 0.364. The quantitative estimate of drug-likeness (QED) is 0.678. The van der Waals surface area contributed by atoms with Crippen LogP contribution in [0, 0.1) is 0 Å². The Kier molecular flexibility index (Phi) is 4.62. The molecule has 2 N–H and O–H groups in total. The molecule has 2 aliphatic heterocycles. The smallest absolute Gasteiger partial charge is 0.119 e. The Morgan fingerprint density at radius 3 is 2.31 bits per heavy atom. The van der Waals surface area contributed by atoms with Gasteiger partial charge in [0.1, 0.15) is 5.75 Å². The topological polar surface area (TPSA) is 35.2 Å². The highest BCUT2D eigenvalue weighted by Gasteiger charge is 2.55. The number of benzene rings is 1. The molecule has 2 atom stereocenters. The molecule has 0 radical (unpaired) electrons. The van der Waals surface area contributed by atoms with Crippen molar-refractivity contribution < 1.29 is 4.74 Å². The summed E-state index contributed by atoms with van der Waals surface area (Å²) in [7, 11) is 0. The van der Waals surface area contributed by atoms with Crippen molar-refractivity contribution in [1.82, 2.24) is 0 Å². The second-order valence-corrected chi connectivity index (χ2v) is 10.4. The number of allylic oxidation sites excluding steroid dienone is 5. The molecular formula is C22H25NOS2. The minimum atomic E-state index is 0.0572. The highest BCUT2D eigenvalue weighted by Crippen LogP contribution is 2.65. The Morgan fingerprint density at radius 2 is 1.62 bits per heavy atom. The van der Waals surface area contributed by atoms with E-state index in [0.717, 1.165) is 12.2 Å². The van der Waals surface area contributed by atoms with Crippen LogP contribution in [0.5, 0.6) is 5.75 Å². The van der Waals surface area contributed by atoms with Gasteiger partial charge in [0.05, 0.1) is 16.1 Å². The summed E-state index contributed by atoms with van der Waals surface area (Å²) in [6.07, 6.45) is 10.2. The van der Waals surface area contributed by atoms with E-state index in [2.05, 4.69) is 69.3 Å². The Labute approximate surface area is 164 Å². The predicted molar refractivity (Wildman–Crippen MR) is 116 cm³/mol. The lowest BCUT2D eigenvalue weighted by molar-refractivity contribution is 0.313. The van der Waals surface area contributed by atoms with Gasteiger partial charge in [-0.25, -0.2) is 0 Å². The maximum Gasteiger partial charge on any atom is 0.119 e. The highest BCUT2D eigenvalue weighted by atomic mass is 32.2. The maximum atomic E-state index is 5.73. The molecule has 1 aromatic carbocycles. The minimum absolute atomic E-state index is 0.0572. The molecule has 2 heterocycles. The highest BCUT2D eigenvalue weighted by molar-refractivity contribution is 8.12. The molecule has 26 heavy (non-hydrogen) atoms.